The van der Waals surface area contributed by atoms with Crippen LogP contribution in [0.2, 0.25) is 0 Å². The van der Waals surface area contributed by atoms with Crippen molar-refractivity contribution in [3.05, 3.63) is 228 Å². The van der Waals surface area contributed by atoms with Crippen molar-refractivity contribution in [2.24, 2.45) is 0 Å². The van der Waals surface area contributed by atoms with Gasteiger partial charge >= 0.3 is 0 Å². The average Bonchev–Trinajstić information content (AvgIpc) is 3.86. The smallest absolute Gasteiger partial charge is 0.193 e. The molecule has 1 atom stereocenters. The Kier molecular flexibility index (Phi) is 5.97. The molecule has 264 valence electrons. The van der Waals surface area contributed by atoms with Gasteiger partial charge < -0.3 is 9.13 Å². The van der Waals surface area contributed by atoms with Crippen LogP contribution in [-0.4, -0.2) is 14.9 Å². The fourth-order valence-electron chi connectivity index (χ4n) is 10.5. The van der Waals surface area contributed by atoms with Gasteiger partial charge in [0.2, 0.25) is 0 Å². The molecule has 57 heavy (non-hydrogen) atoms. The molecule has 1 unspecified atom stereocenters. The highest BCUT2D eigenvalue weighted by Crippen LogP contribution is 2.62. The minimum atomic E-state index is -0.577. The monoisotopic (exact) mass is 724 g/mol. The molecule has 3 aliphatic rings. The number of Topliss-reactive ketones (excluding diaryl/α,β-unsaturated/α-hetero) is 1. The van der Waals surface area contributed by atoms with Crippen LogP contribution in [0.3, 0.4) is 0 Å². The Labute approximate surface area is 328 Å². The van der Waals surface area contributed by atoms with Gasteiger partial charge in [0.05, 0.1) is 27.5 Å². The number of para-hydroxylation sites is 3. The van der Waals surface area contributed by atoms with Crippen molar-refractivity contribution in [3.63, 3.8) is 0 Å². The molecule has 0 saturated heterocycles. The molecular weight excluding hydrogens is 693 g/mol. The van der Waals surface area contributed by atoms with Crippen molar-refractivity contribution >= 4 is 49.4 Å². The van der Waals surface area contributed by atoms with Crippen LogP contribution in [0.1, 0.15) is 27.0 Å². The van der Waals surface area contributed by atoms with Gasteiger partial charge in [-0.1, -0.05) is 127 Å². The zero-order valence-electron chi connectivity index (χ0n) is 30.8. The number of fused-ring (bicyclic) bond motifs is 14. The second kappa shape index (κ2) is 11.1. The van der Waals surface area contributed by atoms with Crippen LogP contribution in [0.4, 0.5) is 0 Å². The quantitative estimate of drug-likeness (QED) is 0.178. The lowest BCUT2D eigenvalue weighted by atomic mass is 9.58. The van der Waals surface area contributed by atoms with Gasteiger partial charge in [-0.15, -0.1) is 0 Å². The zero-order chi connectivity index (χ0) is 37.4. The number of ketones is 1. The van der Waals surface area contributed by atoms with Gasteiger partial charge in [0.15, 0.2) is 5.78 Å². The topological polar surface area (TPSA) is 26.9 Å². The van der Waals surface area contributed by atoms with Crippen molar-refractivity contribution in [2.45, 2.75) is 5.41 Å². The van der Waals surface area contributed by atoms with Crippen LogP contribution in [0, 0.1) is 0 Å². The van der Waals surface area contributed by atoms with Gasteiger partial charge in [-0.25, -0.2) is 0 Å². The molecule has 3 aliphatic carbocycles. The minimum absolute atomic E-state index is 0.120. The van der Waals surface area contributed by atoms with Crippen LogP contribution < -0.4 is 0 Å². The first kappa shape index (κ1) is 30.8. The number of benzene rings is 8. The normalized spacial score (nSPS) is 16.4. The van der Waals surface area contributed by atoms with Crippen molar-refractivity contribution in [1.82, 2.24) is 9.13 Å². The number of carbonyl (C=O) groups excluding carboxylic acids is 1. The SMILES string of the molecule is O=C1C2=C(C=C2)C2(c3ccccc31)c1ccccc1-c1cc3c4cc(-c5ccc6c(c5)c5ccccc5n6-c5ccccc5)ccc4n(-c4ccccc4)c3cc12. The summed E-state index contributed by atoms with van der Waals surface area (Å²) in [6.45, 7) is 0. The van der Waals surface area contributed by atoms with E-state index < -0.39 is 5.41 Å². The lowest BCUT2D eigenvalue weighted by molar-refractivity contribution is 0.103. The van der Waals surface area contributed by atoms with Crippen LogP contribution in [-0.2, 0) is 5.41 Å². The molecule has 0 radical (unpaired) electrons. The molecule has 10 aromatic rings. The van der Waals surface area contributed by atoms with Gasteiger partial charge in [-0.2, -0.15) is 0 Å². The molecule has 3 nitrogen and oxygen atoms in total. The van der Waals surface area contributed by atoms with E-state index in [9.17, 15) is 4.79 Å². The summed E-state index contributed by atoms with van der Waals surface area (Å²) >= 11 is 0. The second-order valence-corrected chi connectivity index (χ2v) is 15.6. The van der Waals surface area contributed by atoms with E-state index in [1.807, 2.05) is 18.2 Å². The highest BCUT2D eigenvalue weighted by molar-refractivity contribution is 6.19. The third-order valence-corrected chi connectivity index (χ3v) is 12.9. The maximum absolute atomic E-state index is 13.8. The molecule has 2 aromatic heterocycles. The Balaban J connectivity index is 1.09. The fraction of sp³-hybridized carbons (Fsp3) is 0.0185. The Morgan fingerprint density at radius 3 is 1.56 bits per heavy atom. The number of hydrogen-bond acceptors (Lipinski definition) is 1. The van der Waals surface area contributed by atoms with E-state index in [2.05, 4.69) is 185 Å². The fourth-order valence-corrected chi connectivity index (χ4v) is 10.5. The van der Waals surface area contributed by atoms with E-state index >= 15 is 0 Å². The summed E-state index contributed by atoms with van der Waals surface area (Å²) in [4.78, 5) is 13.8. The first-order valence-electron chi connectivity index (χ1n) is 19.6. The Morgan fingerprint density at radius 2 is 0.895 bits per heavy atom. The maximum atomic E-state index is 13.8. The number of rotatable bonds is 3. The van der Waals surface area contributed by atoms with E-state index in [1.165, 1.54) is 66.0 Å². The van der Waals surface area contributed by atoms with Crippen molar-refractivity contribution < 1.29 is 4.79 Å². The minimum Gasteiger partial charge on any atom is -0.309 e. The third-order valence-electron chi connectivity index (χ3n) is 12.9. The largest absolute Gasteiger partial charge is 0.309 e. The van der Waals surface area contributed by atoms with Gasteiger partial charge in [-0.05, 0) is 111 Å². The van der Waals surface area contributed by atoms with Crippen molar-refractivity contribution in [1.29, 1.82) is 0 Å². The number of carbonyl (C=O) groups is 1. The molecule has 1 spiro atoms. The van der Waals surface area contributed by atoms with Crippen molar-refractivity contribution in [3.8, 4) is 33.6 Å². The molecule has 0 aliphatic heterocycles. The van der Waals surface area contributed by atoms with Gasteiger partial charge in [0.1, 0.15) is 0 Å². The van der Waals surface area contributed by atoms with Crippen LogP contribution in [0.15, 0.2) is 205 Å². The molecule has 13 rings (SSSR count). The van der Waals surface area contributed by atoms with Crippen LogP contribution >= 0.6 is 0 Å². The van der Waals surface area contributed by atoms with Crippen molar-refractivity contribution in [2.75, 3.05) is 0 Å². The van der Waals surface area contributed by atoms with E-state index in [0.717, 1.165) is 44.7 Å². The van der Waals surface area contributed by atoms with E-state index in [-0.39, 0.29) is 5.78 Å². The molecule has 0 bridgehead atoms. The molecule has 0 amide bonds. The van der Waals surface area contributed by atoms with Gasteiger partial charge in [0.25, 0.3) is 0 Å². The van der Waals surface area contributed by atoms with E-state index in [1.54, 1.807) is 0 Å². The Bertz CT molecular complexity index is 3470. The summed E-state index contributed by atoms with van der Waals surface area (Å²) < 4.78 is 4.79. The first-order valence-corrected chi connectivity index (χ1v) is 19.6. The standard InChI is InChI=1S/C54H32N2O/c57-53-39-19-8-11-21-46(39)54(47-26-25-40(47)53)45-20-10-7-17-37(45)41-31-44-43-30-34(24-28-51(43)56(52(44)32-48(41)54)36-15-5-2-6-16-36)33-23-27-50-42(29-33)38-18-9-12-22-49(38)55(50)35-13-3-1-4-14-35/h1-32H. The Morgan fingerprint density at radius 1 is 0.368 bits per heavy atom. The summed E-state index contributed by atoms with van der Waals surface area (Å²) in [6, 6.07) is 65.9. The van der Waals surface area contributed by atoms with E-state index in [4.69, 9.17) is 0 Å². The Hall–Kier alpha value is -7.49. The molecule has 0 fully saturated rings. The van der Waals surface area contributed by atoms with Gasteiger partial charge in [-0.3, -0.25) is 4.79 Å². The maximum Gasteiger partial charge on any atom is 0.193 e. The summed E-state index contributed by atoms with van der Waals surface area (Å²) in [5, 5.41) is 4.90. The average molecular weight is 725 g/mol. The molecule has 3 heteroatoms. The van der Waals surface area contributed by atoms with Crippen LogP contribution in [0.5, 0.6) is 0 Å². The number of nitrogens with zero attached hydrogens (tertiary/aromatic N) is 2. The van der Waals surface area contributed by atoms with E-state index in [0.29, 0.717) is 0 Å². The summed E-state index contributed by atoms with van der Waals surface area (Å²) in [6.07, 6.45) is 4.18. The first-order chi connectivity index (χ1) is 28.2. The zero-order valence-corrected chi connectivity index (χ0v) is 30.8. The number of allylic oxidation sites excluding steroid dienone is 4. The second-order valence-electron chi connectivity index (χ2n) is 15.6. The predicted molar refractivity (Wildman–Crippen MR) is 233 cm³/mol. The molecule has 8 aromatic carbocycles. The molecule has 0 N–H and O–H groups in total. The number of aromatic nitrogens is 2. The van der Waals surface area contributed by atoms with Gasteiger partial charge in [0, 0.05) is 44.1 Å². The highest BCUT2D eigenvalue weighted by atomic mass is 16.1. The summed E-state index contributed by atoms with van der Waals surface area (Å²) in [5.41, 5.74) is 17.5. The summed E-state index contributed by atoms with van der Waals surface area (Å²) in [5.74, 6) is 0.120. The highest BCUT2D eigenvalue weighted by Gasteiger charge is 2.53. The van der Waals surface area contributed by atoms with Crippen LogP contribution in [0.25, 0.3) is 77.2 Å². The summed E-state index contributed by atoms with van der Waals surface area (Å²) in [7, 11) is 0. The molecule has 2 heterocycles. The molecular formula is C54H32N2O. The lowest BCUT2D eigenvalue weighted by Crippen LogP contribution is -2.38. The lowest BCUT2D eigenvalue weighted by Gasteiger charge is -2.42. The third kappa shape index (κ3) is 3.88. The number of hydrogen-bond donors (Lipinski definition) is 0. The predicted octanol–water partition coefficient (Wildman–Crippen LogP) is 12.9. The molecule has 0 saturated carbocycles.